The number of non-ortho nitro benzene ring substituents is 1. The number of carboxylic acid groups (broad SMARTS) is 1. The van der Waals surface area contributed by atoms with Gasteiger partial charge in [-0.2, -0.15) is 0 Å². The van der Waals surface area contributed by atoms with Gasteiger partial charge in [0.05, 0.1) is 10.5 Å². The molecule has 1 aromatic carbocycles. The minimum atomic E-state index is -1.28. The van der Waals surface area contributed by atoms with Gasteiger partial charge in [0.1, 0.15) is 0 Å². The Kier molecular flexibility index (Phi) is 4.55. The number of aromatic carboxylic acids is 1. The SMILES string of the molecule is Nc1ccc([N+](=O)[O-])cc1C(=O)O.[Na]. The van der Waals surface area contributed by atoms with Crippen molar-refractivity contribution in [1.82, 2.24) is 0 Å². The van der Waals surface area contributed by atoms with E-state index in [1.165, 1.54) is 6.07 Å². The molecule has 0 bridgehead atoms. The molecule has 0 aliphatic heterocycles. The first-order valence-electron chi connectivity index (χ1n) is 3.29. The number of nitro benzene ring substituents is 1. The molecule has 0 saturated carbocycles. The number of nitrogens with two attached hydrogens (primary N) is 1. The van der Waals surface area contributed by atoms with Crippen molar-refractivity contribution in [2.45, 2.75) is 0 Å². The van der Waals surface area contributed by atoms with Crippen LogP contribution in [-0.4, -0.2) is 45.6 Å². The van der Waals surface area contributed by atoms with Gasteiger partial charge in [-0.25, -0.2) is 4.79 Å². The Bertz CT molecular complexity index is 380. The van der Waals surface area contributed by atoms with E-state index in [9.17, 15) is 14.9 Å². The number of benzene rings is 1. The molecule has 6 nitrogen and oxygen atoms in total. The maximum Gasteiger partial charge on any atom is 0.338 e. The largest absolute Gasteiger partial charge is 0.478 e. The van der Waals surface area contributed by atoms with Crippen molar-refractivity contribution in [2.75, 3.05) is 5.73 Å². The molecular formula is C7H6N2NaO4. The molecule has 69 valence electrons. The number of nitrogen functional groups attached to an aromatic ring is 1. The Morgan fingerprint density at radius 1 is 1.50 bits per heavy atom. The van der Waals surface area contributed by atoms with Crippen LogP contribution in [0.5, 0.6) is 0 Å². The summed E-state index contributed by atoms with van der Waals surface area (Å²) >= 11 is 0. The predicted octanol–water partition coefficient (Wildman–Crippen LogP) is 0.494. The molecule has 0 aliphatic carbocycles. The predicted molar refractivity (Wildman–Crippen MR) is 50.2 cm³/mol. The molecule has 1 aromatic rings. The van der Waals surface area contributed by atoms with Gasteiger partial charge < -0.3 is 10.8 Å². The van der Waals surface area contributed by atoms with Crippen molar-refractivity contribution < 1.29 is 14.8 Å². The van der Waals surface area contributed by atoms with Gasteiger partial charge in [0.2, 0.25) is 0 Å². The maximum absolute atomic E-state index is 10.5. The second-order valence-corrected chi connectivity index (χ2v) is 2.33. The Hall–Kier alpha value is -1.11. The number of nitrogens with zero attached hydrogens (tertiary/aromatic N) is 1. The van der Waals surface area contributed by atoms with E-state index in [1.807, 2.05) is 0 Å². The van der Waals surface area contributed by atoms with Crippen LogP contribution in [-0.2, 0) is 0 Å². The van der Waals surface area contributed by atoms with Gasteiger partial charge in [0.25, 0.3) is 5.69 Å². The van der Waals surface area contributed by atoms with Crippen molar-refractivity contribution in [3.63, 3.8) is 0 Å². The van der Waals surface area contributed by atoms with E-state index in [1.54, 1.807) is 0 Å². The van der Waals surface area contributed by atoms with Crippen molar-refractivity contribution in [2.24, 2.45) is 0 Å². The summed E-state index contributed by atoms with van der Waals surface area (Å²) < 4.78 is 0. The van der Waals surface area contributed by atoms with E-state index in [0.29, 0.717) is 0 Å². The van der Waals surface area contributed by atoms with Crippen LogP contribution in [0.2, 0.25) is 0 Å². The first-order valence-corrected chi connectivity index (χ1v) is 3.29. The molecular weight excluding hydrogens is 199 g/mol. The van der Waals surface area contributed by atoms with Gasteiger partial charge in [-0.05, 0) is 6.07 Å². The topological polar surface area (TPSA) is 106 Å². The molecule has 0 unspecified atom stereocenters. The Morgan fingerprint density at radius 3 is 2.50 bits per heavy atom. The third kappa shape index (κ3) is 2.69. The minimum Gasteiger partial charge on any atom is -0.478 e. The van der Waals surface area contributed by atoms with Gasteiger partial charge in [-0.1, -0.05) is 0 Å². The van der Waals surface area contributed by atoms with E-state index < -0.39 is 10.9 Å². The normalized spacial score (nSPS) is 8.86. The van der Waals surface area contributed by atoms with Crippen LogP contribution < -0.4 is 5.73 Å². The second kappa shape index (κ2) is 4.94. The van der Waals surface area contributed by atoms with E-state index in [-0.39, 0.29) is 46.5 Å². The number of carboxylic acids is 1. The maximum atomic E-state index is 10.5. The van der Waals surface area contributed by atoms with Gasteiger partial charge in [-0.3, -0.25) is 10.1 Å². The number of nitro groups is 1. The minimum absolute atomic E-state index is 0. The molecule has 7 heteroatoms. The molecule has 0 fully saturated rings. The summed E-state index contributed by atoms with van der Waals surface area (Å²) in [6, 6.07) is 3.28. The molecule has 0 spiro atoms. The summed E-state index contributed by atoms with van der Waals surface area (Å²) in [6.07, 6.45) is 0. The van der Waals surface area contributed by atoms with Crippen molar-refractivity contribution in [3.05, 3.63) is 33.9 Å². The number of anilines is 1. The Labute approximate surface area is 101 Å². The number of hydrogen-bond acceptors (Lipinski definition) is 4. The van der Waals surface area contributed by atoms with Gasteiger partial charge in [0, 0.05) is 47.4 Å². The van der Waals surface area contributed by atoms with E-state index in [4.69, 9.17) is 10.8 Å². The summed E-state index contributed by atoms with van der Waals surface area (Å²) in [7, 11) is 0. The van der Waals surface area contributed by atoms with Crippen LogP contribution in [0.15, 0.2) is 18.2 Å². The third-order valence-corrected chi connectivity index (χ3v) is 1.48. The fourth-order valence-corrected chi connectivity index (χ4v) is 0.843. The summed E-state index contributed by atoms with van der Waals surface area (Å²) in [6.45, 7) is 0. The molecule has 3 N–H and O–H groups in total. The summed E-state index contributed by atoms with van der Waals surface area (Å²) in [4.78, 5) is 20.1. The molecule has 0 saturated heterocycles. The molecule has 0 heterocycles. The Morgan fingerprint density at radius 2 is 2.07 bits per heavy atom. The standard InChI is InChI=1S/C7H6N2O4.Na/c8-6-2-1-4(9(12)13)3-5(6)7(10)11;/h1-3H,8H2,(H,10,11);. The zero-order valence-electron chi connectivity index (χ0n) is 7.43. The molecule has 14 heavy (non-hydrogen) atoms. The second-order valence-electron chi connectivity index (χ2n) is 2.33. The summed E-state index contributed by atoms with van der Waals surface area (Å²) in [5.41, 5.74) is 4.76. The first-order chi connectivity index (χ1) is 6.02. The van der Waals surface area contributed by atoms with Gasteiger partial charge >= 0.3 is 5.97 Å². The quantitative estimate of drug-likeness (QED) is 0.316. The molecule has 1 rings (SSSR count). The molecule has 1 radical (unpaired) electrons. The van der Waals surface area contributed by atoms with Gasteiger partial charge in [0.15, 0.2) is 0 Å². The number of hydrogen-bond donors (Lipinski definition) is 2. The summed E-state index contributed by atoms with van der Waals surface area (Å²) in [5.74, 6) is -1.28. The van der Waals surface area contributed by atoms with E-state index in [0.717, 1.165) is 12.1 Å². The van der Waals surface area contributed by atoms with Crippen molar-refractivity contribution in [3.8, 4) is 0 Å². The monoisotopic (exact) mass is 205 g/mol. The number of carbonyl (C=O) groups is 1. The fraction of sp³-hybridized carbons (Fsp3) is 0. The van der Waals surface area contributed by atoms with E-state index >= 15 is 0 Å². The van der Waals surface area contributed by atoms with Crippen LogP contribution in [0.25, 0.3) is 0 Å². The molecule has 0 atom stereocenters. The number of rotatable bonds is 2. The molecule has 0 aromatic heterocycles. The third-order valence-electron chi connectivity index (χ3n) is 1.48. The first kappa shape index (κ1) is 12.9. The van der Waals surface area contributed by atoms with Crippen LogP contribution in [0, 0.1) is 10.1 Å². The molecule has 0 aliphatic rings. The zero-order valence-corrected chi connectivity index (χ0v) is 9.43. The molecule has 0 amide bonds. The Balaban J connectivity index is 0.00000169. The average molecular weight is 205 g/mol. The van der Waals surface area contributed by atoms with Crippen LogP contribution in [0.1, 0.15) is 10.4 Å². The van der Waals surface area contributed by atoms with Crippen molar-refractivity contribution in [1.29, 1.82) is 0 Å². The van der Waals surface area contributed by atoms with Crippen molar-refractivity contribution >= 4 is 46.9 Å². The van der Waals surface area contributed by atoms with E-state index in [2.05, 4.69) is 0 Å². The average Bonchev–Trinajstić information content (AvgIpc) is 2.04. The van der Waals surface area contributed by atoms with Crippen LogP contribution in [0.3, 0.4) is 0 Å². The van der Waals surface area contributed by atoms with Crippen LogP contribution in [0.4, 0.5) is 11.4 Å². The fourth-order valence-electron chi connectivity index (χ4n) is 0.843. The van der Waals surface area contributed by atoms with Crippen LogP contribution >= 0.6 is 0 Å². The zero-order chi connectivity index (χ0) is 10.0. The van der Waals surface area contributed by atoms with Gasteiger partial charge in [-0.15, -0.1) is 0 Å². The smallest absolute Gasteiger partial charge is 0.338 e. The summed E-state index contributed by atoms with van der Waals surface area (Å²) in [5, 5.41) is 18.8.